The number of halogens is 1. The van der Waals surface area contributed by atoms with Crippen molar-refractivity contribution in [2.45, 2.75) is 19.9 Å². The number of aryl methyl sites for hydroxylation is 1. The number of amidine groups is 1. The van der Waals surface area contributed by atoms with Gasteiger partial charge >= 0.3 is 0 Å². The monoisotopic (exact) mass is 285 g/mol. The van der Waals surface area contributed by atoms with Crippen LogP contribution in [0, 0.1) is 11.2 Å². The van der Waals surface area contributed by atoms with Crippen molar-refractivity contribution in [3.05, 3.63) is 65.0 Å². The van der Waals surface area contributed by atoms with Crippen molar-refractivity contribution in [2.24, 2.45) is 5.73 Å². The zero-order valence-electron chi connectivity index (χ0n) is 12.4. The Hall–Kier alpha value is -2.36. The van der Waals surface area contributed by atoms with Crippen LogP contribution in [-0.2, 0) is 13.0 Å². The highest BCUT2D eigenvalue weighted by Crippen LogP contribution is 2.19. The second-order valence-electron chi connectivity index (χ2n) is 5.10. The van der Waals surface area contributed by atoms with Crippen LogP contribution in [0.4, 0.5) is 10.1 Å². The lowest BCUT2D eigenvalue weighted by Gasteiger charge is -2.20. The van der Waals surface area contributed by atoms with Crippen LogP contribution in [0.3, 0.4) is 0 Å². The van der Waals surface area contributed by atoms with E-state index in [2.05, 4.69) is 19.1 Å². The number of nitrogen functional groups attached to an aromatic ring is 1. The topological polar surface area (TPSA) is 53.1 Å². The molecule has 0 fully saturated rings. The molecule has 0 atom stereocenters. The number of benzene rings is 2. The number of rotatable bonds is 5. The summed E-state index contributed by atoms with van der Waals surface area (Å²) in [6.45, 7) is 2.58. The lowest BCUT2D eigenvalue weighted by atomic mass is 10.1. The molecule has 0 amide bonds. The Morgan fingerprint density at radius 2 is 1.86 bits per heavy atom. The average molecular weight is 285 g/mol. The smallest absolute Gasteiger partial charge is 0.128 e. The molecule has 0 aromatic heterocycles. The van der Waals surface area contributed by atoms with Gasteiger partial charge in [-0.15, -0.1) is 0 Å². The van der Waals surface area contributed by atoms with Crippen LogP contribution >= 0.6 is 0 Å². The summed E-state index contributed by atoms with van der Waals surface area (Å²) in [7, 11) is 1.93. The predicted molar refractivity (Wildman–Crippen MR) is 85.3 cm³/mol. The third-order valence-corrected chi connectivity index (χ3v) is 3.56. The van der Waals surface area contributed by atoms with E-state index in [0.29, 0.717) is 17.7 Å². The molecule has 0 saturated carbocycles. The summed E-state index contributed by atoms with van der Waals surface area (Å²) in [5.41, 5.74) is 8.68. The zero-order valence-corrected chi connectivity index (χ0v) is 12.4. The van der Waals surface area contributed by atoms with E-state index in [0.717, 1.165) is 12.1 Å². The second kappa shape index (κ2) is 6.39. The van der Waals surface area contributed by atoms with Gasteiger partial charge in [0.1, 0.15) is 11.7 Å². The lowest BCUT2D eigenvalue weighted by molar-refractivity contribution is 0.607. The highest BCUT2D eigenvalue weighted by molar-refractivity contribution is 5.94. The molecular weight excluding hydrogens is 265 g/mol. The molecule has 2 aromatic rings. The summed E-state index contributed by atoms with van der Waals surface area (Å²) in [5.74, 6) is -0.455. The molecule has 0 aliphatic rings. The Morgan fingerprint density at radius 1 is 1.19 bits per heavy atom. The predicted octanol–water partition coefficient (Wildman–Crippen LogP) is 3.31. The Balaban J connectivity index is 2.14. The highest BCUT2D eigenvalue weighted by Gasteiger charge is 2.08. The largest absolute Gasteiger partial charge is 0.384 e. The molecule has 0 aliphatic heterocycles. The molecule has 3 N–H and O–H groups in total. The first-order chi connectivity index (χ1) is 10.0. The van der Waals surface area contributed by atoms with Gasteiger partial charge in [-0.3, -0.25) is 5.41 Å². The quantitative estimate of drug-likeness (QED) is 0.654. The third kappa shape index (κ3) is 3.60. The molecule has 0 saturated heterocycles. The fourth-order valence-electron chi connectivity index (χ4n) is 2.18. The fourth-order valence-corrected chi connectivity index (χ4v) is 2.18. The first-order valence-electron chi connectivity index (χ1n) is 6.94. The minimum Gasteiger partial charge on any atom is -0.384 e. The number of nitrogens with two attached hydrogens (primary N) is 1. The Kier molecular flexibility index (Phi) is 4.58. The average Bonchev–Trinajstić information content (AvgIpc) is 2.49. The van der Waals surface area contributed by atoms with Gasteiger partial charge in [0.25, 0.3) is 0 Å². The number of anilines is 1. The molecule has 2 aromatic carbocycles. The summed E-state index contributed by atoms with van der Waals surface area (Å²) < 4.78 is 14.0. The lowest BCUT2D eigenvalue weighted by Crippen LogP contribution is -2.18. The van der Waals surface area contributed by atoms with Gasteiger partial charge in [0.05, 0.1) is 0 Å². The van der Waals surface area contributed by atoms with E-state index in [4.69, 9.17) is 11.1 Å². The van der Waals surface area contributed by atoms with Crippen LogP contribution in [0.1, 0.15) is 23.6 Å². The Morgan fingerprint density at radius 3 is 2.38 bits per heavy atom. The van der Waals surface area contributed by atoms with E-state index in [1.165, 1.54) is 11.6 Å². The second-order valence-corrected chi connectivity index (χ2v) is 5.10. The molecule has 4 heteroatoms. The summed E-state index contributed by atoms with van der Waals surface area (Å²) >= 11 is 0. The van der Waals surface area contributed by atoms with Gasteiger partial charge in [-0.1, -0.05) is 31.2 Å². The van der Waals surface area contributed by atoms with Crippen molar-refractivity contribution in [1.82, 2.24) is 0 Å². The molecule has 2 rings (SSSR count). The van der Waals surface area contributed by atoms with Crippen molar-refractivity contribution in [2.75, 3.05) is 11.9 Å². The normalized spacial score (nSPS) is 10.4. The van der Waals surface area contributed by atoms with Crippen molar-refractivity contribution >= 4 is 11.5 Å². The molecule has 21 heavy (non-hydrogen) atoms. The summed E-state index contributed by atoms with van der Waals surface area (Å²) in [6.07, 6.45) is 1.01. The Bertz CT molecular complexity index is 635. The minimum atomic E-state index is -0.334. The van der Waals surface area contributed by atoms with Gasteiger partial charge < -0.3 is 10.6 Å². The molecule has 110 valence electrons. The molecule has 0 spiro atoms. The van der Waals surface area contributed by atoms with E-state index < -0.39 is 0 Å². The van der Waals surface area contributed by atoms with Crippen LogP contribution < -0.4 is 10.6 Å². The Labute approximate surface area is 124 Å². The van der Waals surface area contributed by atoms with Crippen molar-refractivity contribution in [3.8, 4) is 0 Å². The molecule has 0 aliphatic carbocycles. The van der Waals surface area contributed by atoms with Crippen LogP contribution in [0.5, 0.6) is 0 Å². The van der Waals surface area contributed by atoms with Crippen molar-refractivity contribution < 1.29 is 4.39 Å². The first-order valence-corrected chi connectivity index (χ1v) is 6.94. The maximum absolute atomic E-state index is 14.0. The fraction of sp³-hybridized carbons (Fsp3) is 0.235. The standard InChI is InChI=1S/C17H20FN3/c1-3-12-4-8-15(9-5-12)21(2)11-14-7-6-13(17(19)20)10-16(14)18/h4-10H,3,11H2,1-2H3,(H3,19,20). The number of hydrogen-bond acceptors (Lipinski definition) is 2. The van der Waals surface area contributed by atoms with Crippen molar-refractivity contribution in [1.29, 1.82) is 5.41 Å². The minimum absolute atomic E-state index is 0.121. The van der Waals surface area contributed by atoms with Gasteiger partial charge in [0.2, 0.25) is 0 Å². The van der Waals surface area contributed by atoms with Crippen LogP contribution in [0.25, 0.3) is 0 Å². The van der Waals surface area contributed by atoms with E-state index >= 15 is 0 Å². The summed E-state index contributed by atoms with van der Waals surface area (Å²) in [6, 6.07) is 12.9. The highest BCUT2D eigenvalue weighted by atomic mass is 19.1. The molecule has 0 unspecified atom stereocenters. The molecule has 0 radical (unpaired) electrons. The molecule has 3 nitrogen and oxygen atoms in total. The van der Waals surface area contributed by atoms with Gasteiger partial charge in [0, 0.05) is 30.4 Å². The zero-order chi connectivity index (χ0) is 15.4. The first kappa shape index (κ1) is 15.0. The SMILES string of the molecule is CCc1ccc(N(C)Cc2ccc(C(=N)N)cc2F)cc1. The van der Waals surface area contributed by atoms with Gasteiger partial charge in [-0.25, -0.2) is 4.39 Å². The van der Waals surface area contributed by atoms with E-state index in [1.54, 1.807) is 12.1 Å². The van der Waals surface area contributed by atoms with Gasteiger partial charge in [-0.2, -0.15) is 0 Å². The van der Waals surface area contributed by atoms with Gasteiger partial charge in [-0.05, 0) is 30.2 Å². The number of nitrogens with zero attached hydrogens (tertiary/aromatic N) is 1. The van der Waals surface area contributed by atoms with Crippen LogP contribution in [-0.4, -0.2) is 12.9 Å². The van der Waals surface area contributed by atoms with Crippen molar-refractivity contribution in [3.63, 3.8) is 0 Å². The number of hydrogen-bond donors (Lipinski definition) is 2. The maximum Gasteiger partial charge on any atom is 0.128 e. The van der Waals surface area contributed by atoms with E-state index in [-0.39, 0.29) is 11.7 Å². The van der Waals surface area contributed by atoms with E-state index in [1.807, 2.05) is 24.1 Å². The van der Waals surface area contributed by atoms with Gasteiger partial charge in [0.15, 0.2) is 0 Å². The maximum atomic E-state index is 14.0. The molecular formula is C17H20FN3. The summed E-state index contributed by atoms with van der Waals surface area (Å²) in [5, 5.41) is 7.32. The summed E-state index contributed by atoms with van der Waals surface area (Å²) in [4.78, 5) is 1.99. The third-order valence-electron chi connectivity index (χ3n) is 3.56. The van der Waals surface area contributed by atoms with Crippen LogP contribution in [0.15, 0.2) is 42.5 Å². The number of nitrogens with one attached hydrogen (secondary N) is 1. The molecule has 0 heterocycles. The molecule has 0 bridgehead atoms. The van der Waals surface area contributed by atoms with E-state index in [9.17, 15) is 4.39 Å². The van der Waals surface area contributed by atoms with Crippen LogP contribution in [0.2, 0.25) is 0 Å².